The van der Waals surface area contributed by atoms with Crippen molar-refractivity contribution in [3.63, 3.8) is 0 Å². The highest BCUT2D eigenvalue weighted by molar-refractivity contribution is 6.31. The van der Waals surface area contributed by atoms with Gasteiger partial charge in [0.25, 0.3) is 0 Å². The highest BCUT2D eigenvalue weighted by Crippen LogP contribution is 2.74. The minimum Gasteiger partial charge on any atom is -0.469 e. The molecule has 36 heavy (non-hydrogen) atoms. The summed E-state index contributed by atoms with van der Waals surface area (Å²) in [5, 5.41) is 5.37. The lowest BCUT2D eigenvalue weighted by Crippen LogP contribution is -2.49. The summed E-state index contributed by atoms with van der Waals surface area (Å²) in [6.07, 6.45) is 1.34. The van der Waals surface area contributed by atoms with E-state index >= 15 is 0 Å². The van der Waals surface area contributed by atoms with Crippen LogP contribution in [0.25, 0.3) is 10.9 Å². The molecule has 3 atom stereocenters. The summed E-state index contributed by atoms with van der Waals surface area (Å²) < 4.78 is 16.3. The number of ketones is 2. The van der Waals surface area contributed by atoms with Crippen LogP contribution >= 0.6 is 11.6 Å². The van der Waals surface area contributed by atoms with Gasteiger partial charge in [-0.1, -0.05) is 30.6 Å². The van der Waals surface area contributed by atoms with Gasteiger partial charge in [-0.3, -0.25) is 14.4 Å². The molecule has 2 heterocycles. The minimum absolute atomic E-state index is 0.0129. The van der Waals surface area contributed by atoms with Gasteiger partial charge in [0.2, 0.25) is 11.5 Å². The van der Waals surface area contributed by atoms with Gasteiger partial charge in [0.05, 0.1) is 30.3 Å². The number of benzene rings is 1. The van der Waals surface area contributed by atoms with Crippen LogP contribution in [0.1, 0.15) is 68.0 Å². The van der Waals surface area contributed by atoms with Crippen molar-refractivity contribution in [3.05, 3.63) is 52.0 Å². The molecule has 2 aliphatic rings. The van der Waals surface area contributed by atoms with E-state index in [9.17, 15) is 14.4 Å². The number of H-pyrrole nitrogens is 1. The lowest BCUT2D eigenvalue weighted by atomic mass is 9.74. The van der Waals surface area contributed by atoms with Crippen molar-refractivity contribution < 1.29 is 28.4 Å². The molecule has 2 fully saturated rings. The molecule has 0 spiro atoms. The molecule has 3 unspecified atom stereocenters. The molecule has 8 nitrogen and oxygen atoms in total. The first kappa shape index (κ1) is 24.7. The van der Waals surface area contributed by atoms with Gasteiger partial charge in [0.15, 0.2) is 5.78 Å². The second kappa shape index (κ2) is 8.28. The van der Waals surface area contributed by atoms with E-state index in [0.29, 0.717) is 40.2 Å². The Bertz CT molecular complexity index is 1400. The summed E-state index contributed by atoms with van der Waals surface area (Å²) in [4.78, 5) is 42.7. The van der Waals surface area contributed by atoms with Crippen LogP contribution in [0.2, 0.25) is 5.02 Å². The molecule has 2 aromatic heterocycles. The van der Waals surface area contributed by atoms with Crippen molar-refractivity contribution in [3.8, 4) is 0 Å². The molecule has 190 valence electrons. The second-order valence-electron chi connectivity index (χ2n) is 10.4. The minimum atomic E-state index is -0.910. The third-order valence-electron chi connectivity index (χ3n) is 8.32. The average molecular weight is 513 g/mol. The summed E-state index contributed by atoms with van der Waals surface area (Å²) in [6.45, 7) is 8.26. The van der Waals surface area contributed by atoms with E-state index in [4.69, 9.17) is 25.6 Å². The van der Waals surface area contributed by atoms with E-state index in [-0.39, 0.29) is 35.0 Å². The van der Waals surface area contributed by atoms with E-state index in [2.05, 4.69) is 24.0 Å². The number of methoxy groups -OCH3 is 1. The third-order valence-corrected chi connectivity index (χ3v) is 8.56. The Morgan fingerprint density at radius 1 is 1.25 bits per heavy atom. The summed E-state index contributed by atoms with van der Waals surface area (Å²) in [5.41, 5.74) is -0.374. The number of aromatic amines is 1. The Hall–Kier alpha value is -2.97. The normalized spacial score (nSPS) is 26.6. The number of rotatable bonds is 7. The van der Waals surface area contributed by atoms with Gasteiger partial charge in [0, 0.05) is 34.2 Å². The molecular weight excluding hydrogens is 484 g/mol. The number of carbonyl (C=O) groups is 3. The fourth-order valence-corrected chi connectivity index (χ4v) is 6.61. The van der Waals surface area contributed by atoms with Crippen LogP contribution in [-0.2, 0) is 30.9 Å². The van der Waals surface area contributed by atoms with Gasteiger partial charge in [0.1, 0.15) is 5.60 Å². The van der Waals surface area contributed by atoms with Crippen molar-refractivity contribution in [1.29, 1.82) is 0 Å². The Morgan fingerprint density at radius 3 is 2.69 bits per heavy atom. The SMILES string of the molecule is CCOC1(C)CCC2C(C)(C)C2(c2cc(C(=O)c3[nH]c4ccc(Cl)cc4c3CC(=O)OC)on2)C1=O. The molecule has 0 saturated heterocycles. The van der Waals surface area contributed by atoms with Gasteiger partial charge >= 0.3 is 5.97 Å². The van der Waals surface area contributed by atoms with Crippen LogP contribution in [0.5, 0.6) is 0 Å². The molecule has 9 heteroatoms. The van der Waals surface area contributed by atoms with Crippen LogP contribution in [-0.4, -0.2) is 47.0 Å². The van der Waals surface area contributed by atoms with Gasteiger partial charge in [-0.2, -0.15) is 0 Å². The highest BCUT2D eigenvalue weighted by Gasteiger charge is 2.80. The number of Topliss-reactive ketones (excluding diaryl/α,β-unsaturated/α-hetero) is 1. The van der Waals surface area contributed by atoms with Crippen LogP contribution in [0.3, 0.4) is 0 Å². The van der Waals surface area contributed by atoms with Crippen LogP contribution in [0, 0.1) is 11.3 Å². The molecular formula is C27H29ClN2O6. The van der Waals surface area contributed by atoms with Crippen molar-refractivity contribution in [2.24, 2.45) is 11.3 Å². The number of ether oxygens (including phenoxy) is 2. The average Bonchev–Trinajstić information content (AvgIpc) is 3.20. The number of carbonyl (C=O) groups excluding carboxylic acids is 3. The number of hydrogen-bond donors (Lipinski definition) is 1. The number of esters is 1. The van der Waals surface area contributed by atoms with E-state index < -0.39 is 22.8 Å². The number of halogens is 1. The van der Waals surface area contributed by atoms with Crippen LogP contribution < -0.4 is 0 Å². The van der Waals surface area contributed by atoms with Crippen LogP contribution in [0.4, 0.5) is 0 Å². The number of hydrogen-bond acceptors (Lipinski definition) is 7. The molecule has 5 rings (SSSR count). The molecule has 1 N–H and O–H groups in total. The number of nitrogens with one attached hydrogen (secondary N) is 1. The monoisotopic (exact) mass is 512 g/mol. The predicted molar refractivity (Wildman–Crippen MR) is 132 cm³/mol. The molecule has 0 radical (unpaired) electrons. The molecule has 0 bridgehead atoms. The molecule has 2 saturated carbocycles. The maximum Gasteiger partial charge on any atom is 0.310 e. The Morgan fingerprint density at radius 2 is 2.00 bits per heavy atom. The number of nitrogens with zero attached hydrogens (tertiary/aromatic N) is 1. The Balaban J connectivity index is 1.56. The van der Waals surface area contributed by atoms with Crippen molar-refractivity contribution in [2.75, 3.05) is 13.7 Å². The predicted octanol–water partition coefficient (Wildman–Crippen LogP) is 4.81. The lowest BCUT2D eigenvalue weighted by molar-refractivity contribution is -0.150. The van der Waals surface area contributed by atoms with Crippen molar-refractivity contribution in [2.45, 2.75) is 58.0 Å². The van der Waals surface area contributed by atoms with Gasteiger partial charge in [-0.25, -0.2) is 0 Å². The summed E-state index contributed by atoms with van der Waals surface area (Å²) >= 11 is 6.18. The zero-order valence-electron chi connectivity index (χ0n) is 21.0. The van der Waals surface area contributed by atoms with E-state index in [1.807, 2.05) is 13.8 Å². The summed E-state index contributed by atoms with van der Waals surface area (Å²) in [7, 11) is 1.29. The maximum absolute atomic E-state index is 13.9. The number of aromatic nitrogens is 2. The van der Waals surface area contributed by atoms with Gasteiger partial charge in [-0.05, 0) is 56.2 Å². The first-order valence-corrected chi connectivity index (χ1v) is 12.5. The van der Waals surface area contributed by atoms with E-state index in [1.54, 1.807) is 24.3 Å². The standard InChI is InChI=1S/C27H29ClN2O6/c1-6-35-26(4)10-9-19-25(2,3)27(19,24(26)33)20-13-18(36-30-20)23(32)22-16(12-21(31)34-5)15-11-14(28)7-8-17(15)29-22/h7-8,11,13,19,29H,6,9-10,12H2,1-5H3. The zero-order chi connectivity index (χ0) is 26.0. The smallest absolute Gasteiger partial charge is 0.310 e. The second-order valence-corrected chi connectivity index (χ2v) is 10.9. The molecule has 3 aromatic rings. The Labute approximate surface area is 213 Å². The largest absolute Gasteiger partial charge is 0.469 e. The quantitative estimate of drug-likeness (QED) is 0.357. The van der Waals surface area contributed by atoms with Crippen molar-refractivity contribution in [1.82, 2.24) is 10.1 Å². The van der Waals surface area contributed by atoms with Crippen LogP contribution in [0.15, 0.2) is 28.8 Å². The molecule has 0 aliphatic heterocycles. The maximum atomic E-state index is 13.9. The van der Waals surface area contributed by atoms with E-state index in [0.717, 1.165) is 6.42 Å². The van der Waals surface area contributed by atoms with Gasteiger partial charge < -0.3 is 19.0 Å². The van der Waals surface area contributed by atoms with E-state index in [1.165, 1.54) is 7.11 Å². The van der Waals surface area contributed by atoms with Gasteiger partial charge in [-0.15, -0.1) is 0 Å². The topological polar surface area (TPSA) is 111 Å². The molecule has 1 aromatic carbocycles. The zero-order valence-corrected chi connectivity index (χ0v) is 21.7. The first-order valence-electron chi connectivity index (χ1n) is 12.1. The molecule has 0 amide bonds. The third kappa shape index (κ3) is 3.30. The number of fused-ring (bicyclic) bond motifs is 2. The summed E-state index contributed by atoms with van der Waals surface area (Å²) in [5.74, 6) is -0.905. The fourth-order valence-electron chi connectivity index (χ4n) is 6.44. The Kier molecular flexibility index (Phi) is 5.68. The highest BCUT2D eigenvalue weighted by atomic mass is 35.5. The lowest BCUT2D eigenvalue weighted by Gasteiger charge is -2.35. The summed E-state index contributed by atoms with van der Waals surface area (Å²) in [6, 6.07) is 6.70. The first-order chi connectivity index (χ1) is 17.0. The molecule has 2 aliphatic carbocycles. The fraction of sp³-hybridized carbons (Fsp3) is 0.481. The van der Waals surface area contributed by atoms with Crippen molar-refractivity contribution >= 4 is 40.0 Å².